The normalized spacial score (nSPS) is 11.2. The number of nitrogens with one attached hydrogen (secondary N) is 2. The number of benzene rings is 3. The highest BCUT2D eigenvalue weighted by Gasteiger charge is 2.13. The third-order valence-electron chi connectivity index (χ3n) is 5.95. The summed E-state index contributed by atoms with van der Waals surface area (Å²) in [6.45, 7) is 2.67. The van der Waals surface area contributed by atoms with Crippen LogP contribution in [0, 0.1) is 5.82 Å². The van der Waals surface area contributed by atoms with Gasteiger partial charge in [0.25, 0.3) is 0 Å². The maximum absolute atomic E-state index is 13.4. The van der Waals surface area contributed by atoms with Crippen molar-refractivity contribution in [2.45, 2.75) is 13.0 Å². The van der Waals surface area contributed by atoms with Gasteiger partial charge in [-0.3, -0.25) is 0 Å². The van der Waals surface area contributed by atoms with Gasteiger partial charge in [-0.2, -0.15) is 0 Å². The highest BCUT2D eigenvalue weighted by atomic mass is 35.5. The number of hydrogen-bond acceptors (Lipinski definition) is 8. The number of methoxy groups -OCH3 is 1. The molecular weight excluding hydrogens is 537 g/mol. The molecule has 10 heteroatoms. The second-order valence-corrected chi connectivity index (χ2v) is 10.2. The maximum atomic E-state index is 13.4. The van der Waals surface area contributed by atoms with E-state index in [9.17, 15) is 4.39 Å². The van der Waals surface area contributed by atoms with Crippen molar-refractivity contribution in [1.82, 2.24) is 20.3 Å². The topological polar surface area (TPSA) is 81.2 Å². The molecular formula is C29H27ClFN5O2S. The lowest BCUT2D eigenvalue weighted by molar-refractivity contribution is 0.199. The number of anilines is 2. The largest absolute Gasteiger partial charge is 0.487 e. The summed E-state index contributed by atoms with van der Waals surface area (Å²) in [6.07, 6.45) is 2.46. The summed E-state index contributed by atoms with van der Waals surface area (Å²) in [6, 6.07) is 20.1. The van der Waals surface area contributed by atoms with E-state index in [0.29, 0.717) is 28.7 Å². The van der Waals surface area contributed by atoms with Crippen LogP contribution < -0.4 is 15.4 Å². The molecule has 2 aromatic heterocycles. The third kappa shape index (κ3) is 7.07. The molecule has 0 saturated heterocycles. The highest BCUT2D eigenvalue weighted by Crippen LogP contribution is 2.34. The van der Waals surface area contributed by atoms with E-state index in [-0.39, 0.29) is 12.4 Å². The van der Waals surface area contributed by atoms with Crippen molar-refractivity contribution in [2.75, 3.05) is 32.1 Å². The van der Waals surface area contributed by atoms with Gasteiger partial charge in [-0.1, -0.05) is 59.3 Å². The predicted octanol–water partition coefficient (Wildman–Crippen LogP) is 6.65. The molecule has 39 heavy (non-hydrogen) atoms. The number of halogens is 2. The first kappa shape index (κ1) is 27.0. The minimum absolute atomic E-state index is 0.213. The molecule has 2 heterocycles. The summed E-state index contributed by atoms with van der Waals surface area (Å²) < 4.78 is 24.3. The standard InChI is InChI=1S/C29H27ClFN5O2S/c1-37-14-13-32-12-11-19-5-7-21(8-6-19)28-36-26-27(33-18-34-29(26)39-28)35-23-9-10-25(24(30)16-23)38-17-20-3-2-4-22(31)15-20/h2-10,15-16,18,32H,11-14,17H2,1H3,(H,33,34,35). The fraction of sp³-hybridized carbons (Fsp3) is 0.207. The Hall–Kier alpha value is -3.63. The fourth-order valence-electron chi connectivity index (χ4n) is 3.94. The minimum Gasteiger partial charge on any atom is -0.487 e. The Morgan fingerprint density at radius 2 is 1.85 bits per heavy atom. The van der Waals surface area contributed by atoms with Crippen molar-refractivity contribution in [3.8, 4) is 16.3 Å². The monoisotopic (exact) mass is 563 g/mol. The van der Waals surface area contributed by atoms with Crippen LogP contribution in [-0.4, -0.2) is 41.8 Å². The van der Waals surface area contributed by atoms with Crippen LogP contribution >= 0.6 is 22.9 Å². The van der Waals surface area contributed by atoms with Gasteiger partial charge >= 0.3 is 0 Å². The Balaban J connectivity index is 1.26. The summed E-state index contributed by atoms with van der Waals surface area (Å²) in [4.78, 5) is 14.4. The van der Waals surface area contributed by atoms with Crippen LogP contribution in [0.5, 0.6) is 5.75 Å². The average molecular weight is 564 g/mol. The molecule has 3 aromatic carbocycles. The maximum Gasteiger partial charge on any atom is 0.161 e. The fourth-order valence-corrected chi connectivity index (χ4v) is 5.08. The molecule has 0 saturated carbocycles. The molecule has 2 N–H and O–H groups in total. The van der Waals surface area contributed by atoms with E-state index in [2.05, 4.69) is 44.9 Å². The van der Waals surface area contributed by atoms with Crippen molar-refractivity contribution >= 4 is 44.8 Å². The average Bonchev–Trinajstić information content (AvgIpc) is 3.38. The first-order valence-electron chi connectivity index (χ1n) is 12.4. The number of fused-ring (bicyclic) bond motifs is 1. The Kier molecular flexibility index (Phi) is 8.95. The molecule has 5 aromatic rings. The summed E-state index contributed by atoms with van der Waals surface area (Å²) in [5.74, 6) is 0.789. The lowest BCUT2D eigenvalue weighted by atomic mass is 10.1. The van der Waals surface area contributed by atoms with Gasteiger partial charge in [0.15, 0.2) is 5.82 Å². The molecule has 0 bridgehead atoms. The molecule has 0 amide bonds. The zero-order chi connectivity index (χ0) is 27.0. The second-order valence-electron chi connectivity index (χ2n) is 8.77. The van der Waals surface area contributed by atoms with Crippen molar-refractivity contribution in [3.05, 3.63) is 95.0 Å². The number of aromatic nitrogens is 3. The molecule has 0 spiro atoms. The zero-order valence-electron chi connectivity index (χ0n) is 21.3. The summed E-state index contributed by atoms with van der Waals surface area (Å²) >= 11 is 7.99. The van der Waals surface area contributed by atoms with Crippen LogP contribution in [0.2, 0.25) is 5.02 Å². The molecule has 200 valence electrons. The minimum atomic E-state index is -0.304. The molecule has 0 fully saturated rings. The predicted molar refractivity (Wildman–Crippen MR) is 155 cm³/mol. The van der Waals surface area contributed by atoms with E-state index in [1.54, 1.807) is 31.4 Å². The first-order chi connectivity index (χ1) is 19.1. The van der Waals surface area contributed by atoms with Crippen molar-refractivity contribution in [1.29, 1.82) is 0 Å². The lowest BCUT2D eigenvalue weighted by Gasteiger charge is -2.11. The van der Waals surface area contributed by atoms with Gasteiger partial charge in [-0.15, -0.1) is 0 Å². The van der Waals surface area contributed by atoms with Gasteiger partial charge < -0.3 is 20.1 Å². The van der Waals surface area contributed by atoms with Gasteiger partial charge in [-0.05, 0) is 54.4 Å². The van der Waals surface area contributed by atoms with E-state index in [1.807, 2.05) is 6.07 Å². The summed E-state index contributed by atoms with van der Waals surface area (Å²) in [7, 11) is 1.70. The van der Waals surface area contributed by atoms with E-state index in [1.165, 1.54) is 35.4 Å². The molecule has 0 aliphatic heterocycles. The summed E-state index contributed by atoms with van der Waals surface area (Å²) in [5.41, 5.74) is 4.43. The molecule has 0 radical (unpaired) electrons. The summed E-state index contributed by atoms with van der Waals surface area (Å²) in [5, 5.41) is 7.95. The lowest BCUT2D eigenvalue weighted by Crippen LogP contribution is -2.21. The number of thiazole rings is 1. The second kappa shape index (κ2) is 12.9. The molecule has 0 aliphatic rings. The first-order valence-corrected chi connectivity index (χ1v) is 13.6. The Bertz CT molecular complexity index is 1550. The van der Waals surface area contributed by atoms with Crippen molar-refractivity contribution in [3.63, 3.8) is 0 Å². The van der Waals surface area contributed by atoms with E-state index < -0.39 is 0 Å². The van der Waals surface area contributed by atoms with Crippen LogP contribution in [0.15, 0.2) is 73.1 Å². The van der Waals surface area contributed by atoms with Crippen LogP contribution in [-0.2, 0) is 17.8 Å². The molecule has 0 atom stereocenters. The molecule has 0 aliphatic carbocycles. The third-order valence-corrected chi connectivity index (χ3v) is 7.26. The molecule has 0 unspecified atom stereocenters. The molecule has 5 rings (SSSR count). The van der Waals surface area contributed by atoms with Gasteiger partial charge in [-0.25, -0.2) is 19.3 Å². The van der Waals surface area contributed by atoms with E-state index in [4.69, 9.17) is 26.1 Å². The SMILES string of the molecule is COCCNCCc1ccc(-c2nc3c(Nc4ccc(OCc5cccc(F)c5)c(Cl)c4)ncnc3s2)cc1. The highest BCUT2D eigenvalue weighted by molar-refractivity contribution is 7.21. The van der Waals surface area contributed by atoms with Crippen LogP contribution in [0.3, 0.4) is 0 Å². The van der Waals surface area contributed by atoms with Crippen LogP contribution in [0.1, 0.15) is 11.1 Å². The van der Waals surface area contributed by atoms with Crippen LogP contribution in [0.4, 0.5) is 15.9 Å². The number of rotatable bonds is 12. The van der Waals surface area contributed by atoms with E-state index in [0.717, 1.165) is 46.2 Å². The Morgan fingerprint density at radius 1 is 0.974 bits per heavy atom. The van der Waals surface area contributed by atoms with Gasteiger partial charge in [0.2, 0.25) is 0 Å². The van der Waals surface area contributed by atoms with Crippen molar-refractivity contribution in [2.24, 2.45) is 0 Å². The Labute approximate surface area is 235 Å². The Morgan fingerprint density at radius 3 is 2.64 bits per heavy atom. The van der Waals surface area contributed by atoms with Gasteiger partial charge in [0, 0.05) is 24.9 Å². The van der Waals surface area contributed by atoms with Gasteiger partial charge in [0.05, 0.1) is 11.6 Å². The zero-order valence-corrected chi connectivity index (χ0v) is 22.9. The van der Waals surface area contributed by atoms with Gasteiger partial charge in [0.1, 0.15) is 39.9 Å². The quantitative estimate of drug-likeness (QED) is 0.165. The van der Waals surface area contributed by atoms with Crippen molar-refractivity contribution < 1.29 is 13.9 Å². The number of ether oxygens (including phenoxy) is 2. The number of nitrogens with zero attached hydrogens (tertiary/aromatic N) is 3. The smallest absolute Gasteiger partial charge is 0.161 e. The molecule has 7 nitrogen and oxygen atoms in total. The number of hydrogen-bond donors (Lipinski definition) is 2. The van der Waals surface area contributed by atoms with Crippen LogP contribution in [0.25, 0.3) is 20.9 Å². The van der Waals surface area contributed by atoms with E-state index >= 15 is 0 Å².